The van der Waals surface area contributed by atoms with E-state index < -0.39 is 0 Å². The van der Waals surface area contributed by atoms with Crippen molar-refractivity contribution in [3.8, 4) is 0 Å². The molecule has 0 radical (unpaired) electrons. The van der Waals surface area contributed by atoms with E-state index in [4.69, 9.17) is 0 Å². The Morgan fingerprint density at radius 3 is 2.81 bits per heavy atom. The number of nitrogens with zero attached hydrogens (tertiary/aromatic N) is 2. The Morgan fingerprint density at radius 2 is 2.19 bits per heavy atom. The summed E-state index contributed by atoms with van der Waals surface area (Å²) >= 11 is 0. The molecule has 88 valence electrons. The summed E-state index contributed by atoms with van der Waals surface area (Å²) in [6.07, 6.45) is 6.30. The predicted molar refractivity (Wildman–Crippen MR) is 61.8 cm³/mol. The van der Waals surface area contributed by atoms with Crippen LogP contribution in [0.2, 0.25) is 0 Å². The van der Waals surface area contributed by atoms with Crippen LogP contribution < -0.4 is 5.32 Å². The molecule has 0 saturated heterocycles. The van der Waals surface area contributed by atoms with Gasteiger partial charge in [0.25, 0.3) is 0 Å². The number of aryl methyl sites for hydroxylation is 1. The lowest BCUT2D eigenvalue weighted by Gasteiger charge is -2.15. The number of aromatic nitrogens is 2. The molecule has 0 aromatic carbocycles. The Morgan fingerprint density at radius 1 is 1.44 bits per heavy atom. The third-order valence-electron chi connectivity index (χ3n) is 3.33. The van der Waals surface area contributed by atoms with Gasteiger partial charge in [-0.1, -0.05) is 13.3 Å². The Balaban J connectivity index is 1.97. The van der Waals surface area contributed by atoms with E-state index in [0.717, 1.165) is 6.54 Å². The van der Waals surface area contributed by atoms with E-state index in [9.17, 15) is 4.39 Å². The lowest BCUT2D eigenvalue weighted by atomic mass is 10.0. The zero-order valence-corrected chi connectivity index (χ0v) is 9.89. The second-order valence-electron chi connectivity index (χ2n) is 4.73. The number of hydrogen-bond acceptors (Lipinski definition) is 3. The number of nitrogens with one attached hydrogen (secondary N) is 1. The van der Waals surface area contributed by atoms with Gasteiger partial charge in [-0.3, -0.25) is 0 Å². The molecule has 0 bridgehead atoms. The zero-order valence-electron chi connectivity index (χ0n) is 9.89. The summed E-state index contributed by atoms with van der Waals surface area (Å²) in [5, 5.41) is 3.12. The average molecular weight is 223 g/mol. The van der Waals surface area contributed by atoms with E-state index >= 15 is 0 Å². The molecule has 0 atom stereocenters. The van der Waals surface area contributed by atoms with Crippen molar-refractivity contribution in [3.63, 3.8) is 0 Å². The highest BCUT2D eigenvalue weighted by atomic mass is 19.1. The lowest BCUT2D eigenvalue weighted by molar-refractivity contribution is 0.482. The van der Waals surface area contributed by atoms with E-state index in [2.05, 4.69) is 22.2 Å². The van der Waals surface area contributed by atoms with Crippen LogP contribution in [0.1, 0.15) is 38.3 Å². The first-order valence-corrected chi connectivity index (χ1v) is 5.88. The summed E-state index contributed by atoms with van der Waals surface area (Å²) in [5.41, 5.74) is 0.804. The molecule has 16 heavy (non-hydrogen) atoms. The second kappa shape index (κ2) is 4.36. The van der Waals surface area contributed by atoms with Gasteiger partial charge in [0.1, 0.15) is 6.33 Å². The van der Waals surface area contributed by atoms with Crippen LogP contribution in [0.5, 0.6) is 0 Å². The maximum atomic E-state index is 13.6. The molecule has 1 fully saturated rings. The summed E-state index contributed by atoms with van der Waals surface area (Å²) in [6, 6.07) is 0. The Bertz CT molecular complexity index is 375. The highest BCUT2D eigenvalue weighted by Gasteiger charge is 2.41. The Kier molecular flexibility index (Phi) is 3.08. The minimum Gasteiger partial charge on any atom is -0.367 e. The van der Waals surface area contributed by atoms with Crippen LogP contribution in [-0.2, 0) is 0 Å². The monoisotopic (exact) mass is 223 g/mol. The first-order valence-electron chi connectivity index (χ1n) is 5.88. The van der Waals surface area contributed by atoms with Gasteiger partial charge in [-0.05, 0) is 31.6 Å². The SMILES string of the molecule is CCCC1(CNc2ncnc(C)c2F)CC1. The van der Waals surface area contributed by atoms with Crippen molar-refractivity contribution >= 4 is 5.82 Å². The van der Waals surface area contributed by atoms with Gasteiger partial charge in [0.15, 0.2) is 11.6 Å². The maximum absolute atomic E-state index is 13.6. The third-order valence-corrected chi connectivity index (χ3v) is 3.33. The summed E-state index contributed by atoms with van der Waals surface area (Å²) in [7, 11) is 0. The Labute approximate surface area is 95.5 Å². The molecule has 0 aliphatic heterocycles. The van der Waals surface area contributed by atoms with Gasteiger partial charge < -0.3 is 5.32 Å². The number of rotatable bonds is 5. The van der Waals surface area contributed by atoms with Crippen LogP contribution in [-0.4, -0.2) is 16.5 Å². The van der Waals surface area contributed by atoms with E-state index in [-0.39, 0.29) is 5.82 Å². The molecule has 1 heterocycles. The van der Waals surface area contributed by atoms with Gasteiger partial charge in [-0.15, -0.1) is 0 Å². The molecular weight excluding hydrogens is 205 g/mol. The fraction of sp³-hybridized carbons (Fsp3) is 0.667. The molecule has 1 saturated carbocycles. The fourth-order valence-corrected chi connectivity index (χ4v) is 2.07. The van der Waals surface area contributed by atoms with E-state index in [0.29, 0.717) is 16.9 Å². The molecule has 4 heteroatoms. The maximum Gasteiger partial charge on any atom is 0.186 e. The molecule has 2 rings (SSSR count). The van der Waals surface area contributed by atoms with Gasteiger partial charge in [-0.25, -0.2) is 14.4 Å². The van der Waals surface area contributed by atoms with Crippen molar-refractivity contribution in [1.82, 2.24) is 9.97 Å². The van der Waals surface area contributed by atoms with Crippen molar-refractivity contribution in [1.29, 1.82) is 0 Å². The topological polar surface area (TPSA) is 37.8 Å². The predicted octanol–water partition coefficient (Wildman–Crippen LogP) is 2.92. The number of anilines is 1. The summed E-state index contributed by atoms with van der Waals surface area (Å²) in [4.78, 5) is 7.74. The molecule has 1 aliphatic carbocycles. The molecule has 1 aromatic heterocycles. The van der Waals surface area contributed by atoms with E-state index in [1.54, 1.807) is 6.92 Å². The van der Waals surface area contributed by atoms with Crippen LogP contribution in [0.4, 0.5) is 10.2 Å². The second-order valence-corrected chi connectivity index (χ2v) is 4.73. The molecule has 0 spiro atoms. The third kappa shape index (κ3) is 2.31. The quantitative estimate of drug-likeness (QED) is 0.834. The van der Waals surface area contributed by atoms with Crippen molar-refractivity contribution in [2.45, 2.75) is 39.5 Å². The van der Waals surface area contributed by atoms with Crippen molar-refractivity contribution < 1.29 is 4.39 Å². The van der Waals surface area contributed by atoms with E-state index in [1.165, 1.54) is 32.0 Å². The van der Waals surface area contributed by atoms with Crippen LogP contribution in [0.15, 0.2) is 6.33 Å². The van der Waals surface area contributed by atoms with Crippen molar-refractivity contribution in [2.75, 3.05) is 11.9 Å². The minimum absolute atomic E-state index is 0.324. The molecular formula is C12H18FN3. The highest BCUT2D eigenvalue weighted by molar-refractivity contribution is 5.37. The molecule has 0 amide bonds. The fourth-order valence-electron chi connectivity index (χ4n) is 2.07. The summed E-state index contributed by atoms with van der Waals surface area (Å²) in [5.74, 6) is 0.0182. The van der Waals surface area contributed by atoms with Gasteiger partial charge >= 0.3 is 0 Å². The van der Waals surface area contributed by atoms with Crippen LogP contribution in [0, 0.1) is 18.2 Å². The first kappa shape index (κ1) is 11.3. The molecule has 0 unspecified atom stereocenters. The molecule has 3 nitrogen and oxygen atoms in total. The van der Waals surface area contributed by atoms with Crippen molar-refractivity contribution in [2.24, 2.45) is 5.41 Å². The van der Waals surface area contributed by atoms with Crippen LogP contribution in [0.3, 0.4) is 0 Å². The van der Waals surface area contributed by atoms with Crippen LogP contribution >= 0.6 is 0 Å². The van der Waals surface area contributed by atoms with E-state index in [1.807, 2.05) is 0 Å². The molecule has 1 N–H and O–H groups in total. The average Bonchev–Trinajstić information content (AvgIpc) is 3.02. The van der Waals surface area contributed by atoms with Gasteiger partial charge in [-0.2, -0.15) is 0 Å². The van der Waals surface area contributed by atoms with Crippen LogP contribution in [0.25, 0.3) is 0 Å². The summed E-state index contributed by atoms with van der Waals surface area (Å²) < 4.78 is 13.6. The first-order chi connectivity index (χ1) is 7.67. The minimum atomic E-state index is -0.324. The normalized spacial score (nSPS) is 17.2. The lowest BCUT2D eigenvalue weighted by Crippen LogP contribution is -2.17. The van der Waals surface area contributed by atoms with Gasteiger partial charge in [0.05, 0.1) is 5.69 Å². The van der Waals surface area contributed by atoms with Gasteiger partial charge in [0.2, 0.25) is 0 Å². The highest BCUT2D eigenvalue weighted by Crippen LogP contribution is 2.49. The zero-order chi connectivity index (χ0) is 11.6. The van der Waals surface area contributed by atoms with Crippen molar-refractivity contribution in [3.05, 3.63) is 17.8 Å². The van der Waals surface area contributed by atoms with Gasteiger partial charge in [0, 0.05) is 6.54 Å². The largest absolute Gasteiger partial charge is 0.367 e. The summed E-state index contributed by atoms with van der Waals surface area (Å²) in [6.45, 7) is 4.67. The molecule has 1 aliphatic rings. The Hall–Kier alpha value is -1.19. The molecule has 1 aromatic rings. The number of halogens is 1. The number of hydrogen-bond donors (Lipinski definition) is 1. The smallest absolute Gasteiger partial charge is 0.186 e. The standard InChI is InChI=1S/C12H18FN3/c1-3-4-12(5-6-12)7-14-11-10(13)9(2)15-8-16-11/h8H,3-7H2,1-2H3,(H,14,15,16).